The molecule has 2 bridgehead atoms. The van der Waals surface area contributed by atoms with Crippen molar-refractivity contribution in [3.05, 3.63) is 89.0 Å². The Bertz CT molecular complexity index is 1560. The molecule has 1 saturated carbocycles. The van der Waals surface area contributed by atoms with Gasteiger partial charge in [0.2, 0.25) is 6.41 Å². The van der Waals surface area contributed by atoms with E-state index in [-0.39, 0.29) is 29.5 Å². The van der Waals surface area contributed by atoms with Crippen molar-refractivity contribution < 1.29 is 34.1 Å². The van der Waals surface area contributed by atoms with E-state index in [4.69, 9.17) is 9.47 Å². The number of phenolic OH excluding ortho intramolecular Hbond substituents is 1. The Morgan fingerprint density at radius 1 is 1.00 bits per heavy atom. The summed E-state index contributed by atoms with van der Waals surface area (Å²) in [6.45, 7) is 9.99. The highest BCUT2D eigenvalue weighted by Gasteiger charge is 2.48. The maximum atomic E-state index is 12.0. The van der Waals surface area contributed by atoms with Crippen LogP contribution in [0.2, 0.25) is 0 Å². The van der Waals surface area contributed by atoms with Gasteiger partial charge in [0, 0.05) is 37.8 Å². The van der Waals surface area contributed by atoms with Crippen molar-refractivity contribution in [2.24, 2.45) is 11.8 Å². The molecule has 0 spiro atoms. The first-order chi connectivity index (χ1) is 24.2. The van der Waals surface area contributed by atoms with Crippen LogP contribution < -0.4 is 15.4 Å². The molecule has 1 amide bonds. The lowest BCUT2D eigenvalue weighted by Gasteiger charge is -2.53. The summed E-state index contributed by atoms with van der Waals surface area (Å²) >= 11 is 0. The van der Waals surface area contributed by atoms with Gasteiger partial charge in [0.15, 0.2) is 0 Å². The molecule has 7 rings (SSSR count). The highest BCUT2D eigenvalue weighted by molar-refractivity contribution is 5.75. The summed E-state index contributed by atoms with van der Waals surface area (Å²) in [5.74, 6) is 1.69. The van der Waals surface area contributed by atoms with Gasteiger partial charge in [-0.3, -0.25) is 4.79 Å². The highest BCUT2D eigenvalue weighted by Crippen LogP contribution is 2.43. The van der Waals surface area contributed by atoms with Gasteiger partial charge in [0.25, 0.3) is 0 Å². The van der Waals surface area contributed by atoms with Crippen molar-refractivity contribution in [1.82, 2.24) is 5.32 Å². The van der Waals surface area contributed by atoms with E-state index in [1.165, 1.54) is 44.8 Å². The van der Waals surface area contributed by atoms with Crippen LogP contribution in [0.15, 0.2) is 66.7 Å². The van der Waals surface area contributed by atoms with Crippen molar-refractivity contribution in [1.29, 1.82) is 0 Å². The van der Waals surface area contributed by atoms with E-state index in [1.54, 1.807) is 12.1 Å². The number of aryl methyl sites for hydroxylation is 1. The average Bonchev–Trinajstić information content (AvgIpc) is 3.70. The number of carbonyl (C=O) groups is 1. The normalized spacial score (nSPS) is 24.4. The van der Waals surface area contributed by atoms with Crippen LogP contribution in [0.4, 0.5) is 5.69 Å². The number of hydrogen-bond donors (Lipinski definition) is 5. The maximum Gasteiger partial charge on any atom is 0.211 e. The molecular weight excluding hydrogens is 630 g/mol. The Hall–Kier alpha value is -3.47. The minimum atomic E-state index is -0.917. The Kier molecular flexibility index (Phi) is 11.8. The third-order valence-corrected chi connectivity index (χ3v) is 11.8. The number of benzene rings is 3. The van der Waals surface area contributed by atoms with Gasteiger partial charge in [-0.15, -0.1) is 0 Å². The van der Waals surface area contributed by atoms with Crippen LogP contribution in [0.3, 0.4) is 0 Å². The molecule has 0 radical (unpaired) electrons. The number of aliphatic hydroxyl groups is 2. The Labute approximate surface area is 297 Å². The summed E-state index contributed by atoms with van der Waals surface area (Å²) in [4.78, 5) is 10.8. The van der Waals surface area contributed by atoms with E-state index >= 15 is 0 Å². The number of amides is 1. The smallest absolute Gasteiger partial charge is 0.211 e. The summed E-state index contributed by atoms with van der Waals surface area (Å²) < 4.78 is 14.1. The lowest BCUT2D eigenvalue weighted by Crippen LogP contribution is -2.65. The lowest BCUT2D eigenvalue weighted by molar-refractivity contribution is -0.946. The van der Waals surface area contributed by atoms with Gasteiger partial charge in [-0.25, -0.2) is 0 Å². The molecular formula is C41H56N3O6+. The van der Waals surface area contributed by atoms with Crippen LogP contribution in [0.1, 0.15) is 86.3 Å². The Morgan fingerprint density at radius 2 is 1.74 bits per heavy atom. The Morgan fingerprint density at radius 3 is 2.46 bits per heavy atom. The SMILES string of the molecule is Cc1cc([C@H](C)NC[C@H](O)c2ccc(O)c(NC=O)c2)ccc1OCCC[N+]12CCC(CC1)[C@@H](OC[C@@](O)(c1ccccc1)C1CCCC1)C2. The van der Waals surface area contributed by atoms with E-state index in [0.717, 1.165) is 59.3 Å². The van der Waals surface area contributed by atoms with Crippen molar-refractivity contribution in [2.75, 3.05) is 51.3 Å². The molecule has 0 unspecified atom stereocenters. The molecule has 4 atom stereocenters. The van der Waals surface area contributed by atoms with Gasteiger partial charge >= 0.3 is 0 Å². The first kappa shape index (κ1) is 36.3. The summed E-state index contributed by atoms with van der Waals surface area (Å²) in [7, 11) is 0. The average molecular weight is 687 g/mol. The fourth-order valence-electron chi connectivity index (χ4n) is 8.68. The molecule has 3 aromatic rings. The number of anilines is 1. The summed E-state index contributed by atoms with van der Waals surface area (Å²) in [6.07, 6.45) is 7.75. The molecule has 3 heterocycles. The highest BCUT2D eigenvalue weighted by atomic mass is 16.5. The predicted molar refractivity (Wildman–Crippen MR) is 195 cm³/mol. The number of aliphatic hydroxyl groups excluding tert-OH is 1. The second-order valence-corrected chi connectivity index (χ2v) is 15.1. The zero-order valence-corrected chi connectivity index (χ0v) is 29.7. The molecule has 5 N–H and O–H groups in total. The van der Waals surface area contributed by atoms with Crippen molar-refractivity contribution in [3.8, 4) is 11.5 Å². The van der Waals surface area contributed by atoms with Crippen LogP contribution in [0, 0.1) is 18.8 Å². The fraction of sp³-hybridized carbons (Fsp3) is 0.537. The van der Waals surface area contributed by atoms with E-state index in [1.807, 2.05) is 24.3 Å². The Balaban J connectivity index is 0.971. The number of fused-ring (bicyclic) bond motifs is 3. The predicted octanol–water partition coefficient (Wildman–Crippen LogP) is 6.13. The molecule has 50 heavy (non-hydrogen) atoms. The second kappa shape index (κ2) is 16.3. The van der Waals surface area contributed by atoms with E-state index in [9.17, 15) is 20.1 Å². The van der Waals surface area contributed by atoms with E-state index in [0.29, 0.717) is 37.6 Å². The van der Waals surface area contributed by atoms with Crippen molar-refractivity contribution >= 4 is 12.1 Å². The standard InChI is InChI=1S/C41H55N3O6/c1-29-23-32(30(2)42-25-38(47)33-13-15-37(46)36(24-33)43-28-45)14-16-39(29)49-22-8-19-44-20-17-31(18-21-44)40(26-44)50-27-41(48,35-11-6-7-12-35)34-9-4-3-5-10-34/h3-5,9-10,13-16,23-24,28,30-31,35,38,40,42,47-48H,6-8,11-12,17-22,25-27H2,1-2H3,(H-,43,45,46)/p+1/t30-,31?,38-,40-,41+,44?/m0/s1. The summed E-state index contributed by atoms with van der Waals surface area (Å²) in [6, 6.07) is 21.1. The van der Waals surface area contributed by atoms with Crippen LogP contribution in [-0.4, -0.2) is 78.3 Å². The quantitative estimate of drug-likeness (QED) is 0.0502. The molecule has 270 valence electrons. The van der Waals surface area contributed by atoms with Gasteiger partial charge in [-0.1, -0.05) is 61.4 Å². The van der Waals surface area contributed by atoms with Crippen LogP contribution >= 0.6 is 0 Å². The van der Waals surface area contributed by atoms with E-state index < -0.39 is 11.7 Å². The lowest BCUT2D eigenvalue weighted by atomic mass is 9.80. The monoisotopic (exact) mass is 686 g/mol. The second-order valence-electron chi connectivity index (χ2n) is 15.1. The number of nitrogens with zero attached hydrogens (tertiary/aromatic N) is 1. The number of piperidine rings is 3. The third-order valence-electron chi connectivity index (χ3n) is 11.8. The molecule has 1 aliphatic carbocycles. The van der Waals surface area contributed by atoms with Gasteiger partial charge in [-0.2, -0.15) is 0 Å². The number of carbonyl (C=O) groups excluding carboxylic acids is 1. The molecule has 3 aromatic carbocycles. The number of ether oxygens (including phenoxy) is 2. The summed E-state index contributed by atoms with van der Waals surface area (Å²) in [5, 5.41) is 38.5. The van der Waals surface area contributed by atoms with Gasteiger partial charge in [0.1, 0.15) is 29.7 Å². The topological polar surface area (TPSA) is 120 Å². The van der Waals surface area contributed by atoms with Gasteiger partial charge in [0.05, 0.1) is 44.6 Å². The molecule has 4 aliphatic rings. The number of aromatic hydroxyl groups is 1. The number of phenols is 1. The number of hydrogen-bond acceptors (Lipinski definition) is 7. The van der Waals surface area contributed by atoms with Crippen molar-refractivity contribution in [2.45, 2.75) is 82.6 Å². The van der Waals surface area contributed by atoms with Crippen molar-refractivity contribution in [3.63, 3.8) is 0 Å². The van der Waals surface area contributed by atoms with E-state index in [2.05, 4.69) is 48.7 Å². The fourth-order valence-corrected chi connectivity index (χ4v) is 8.68. The molecule has 0 aromatic heterocycles. The molecule has 9 heteroatoms. The van der Waals surface area contributed by atoms with Gasteiger partial charge < -0.3 is 39.9 Å². The molecule has 3 aliphatic heterocycles. The molecule has 3 saturated heterocycles. The zero-order valence-electron chi connectivity index (χ0n) is 29.7. The maximum absolute atomic E-state index is 12.0. The zero-order chi connectivity index (χ0) is 35.1. The first-order valence-electron chi connectivity index (χ1n) is 18.6. The van der Waals surface area contributed by atoms with Crippen LogP contribution in [0.5, 0.6) is 11.5 Å². The molecule has 9 nitrogen and oxygen atoms in total. The minimum absolute atomic E-state index is 0.00284. The first-order valence-corrected chi connectivity index (χ1v) is 18.6. The number of rotatable bonds is 17. The molecule has 4 fully saturated rings. The van der Waals surface area contributed by atoms with Crippen LogP contribution in [0.25, 0.3) is 0 Å². The van der Waals surface area contributed by atoms with Crippen LogP contribution in [-0.2, 0) is 15.1 Å². The summed E-state index contributed by atoms with van der Waals surface area (Å²) in [5.41, 5.74) is 3.12. The minimum Gasteiger partial charge on any atom is -0.506 e. The number of quaternary nitrogens is 1. The van der Waals surface area contributed by atoms with Gasteiger partial charge in [-0.05, 0) is 73.1 Å². The third kappa shape index (κ3) is 8.35. The number of nitrogens with one attached hydrogen (secondary N) is 2. The largest absolute Gasteiger partial charge is 0.506 e.